The number of alkyl halides is 1. The van der Waals surface area contributed by atoms with Gasteiger partial charge in [0.1, 0.15) is 0 Å². The van der Waals surface area contributed by atoms with Crippen LogP contribution in [0.2, 0.25) is 0 Å². The van der Waals surface area contributed by atoms with E-state index in [0.717, 1.165) is 13.2 Å². The van der Waals surface area contributed by atoms with Crippen molar-refractivity contribution in [2.24, 2.45) is 0 Å². The number of halogens is 1. The monoisotopic (exact) mass is 407 g/mol. The summed E-state index contributed by atoms with van der Waals surface area (Å²) in [6, 6.07) is 14.7. The Balaban J connectivity index is 2.48. The van der Waals surface area contributed by atoms with Gasteiger partial charge in [-0.2, -0.15) is 0 Å². The Kier molecular flexibility index (Phi) is 7.15. The van der Waals surface area contributed by atoms with Crippen LogP contribution in [-0.2, 0) is 24.3 Å². The van der Waals surface area contributed by atoms with Crippen molar-refractivity contribution in [2.45, 2.75) is 10.9 Å². The molecule has 1 atom stereocenters. The number of methoxy groups -OCH3 is 1. The Labute approximate surface area is 163 Å². The van der Waals surface area contributed by atoms with Crippen molar-refractivity contribution in [3.8, 4) is 0 Å². The van der Waals surface area contributed by atoms with Gasteiger partial charge in [-0.1, -0.05) is 48.5 Å². The molecule has 0 aromatic heterocycles. The van der Waals surface area contributed by atoms with E-state index in [-0.39, 0.29) is 4.90 Å². The highest BCUT2D eigenvalue weighted by molar-refractivity contribution is 7.89. The van der Waals surface area contributed by atoms with Crippen molar-refractivity contribution >= 4 is 39.6 Å². The highest BCUT2D eigenvalue weighted by Gasteiger charge is 2.39. The zero-order chi connectivity index (χ0) is 19.9. The molecule has 142 valence electrons. The average Bonchev–Trinajstić information content (AvgIpc) is 2.70. The van der Waals surface area contributed by atoms with Crippen molar-refractivity contribution in [3.05, 3.63) is 72.3 Å². The maximum absolute atomic E-state index is 13.0. The SMILES string of the molecule is COC(=O)C(CCl)N(C(=O)/C=C/c1ccccc1)S(=O)(=O)c1ccccc1. The molecular formula is C19H18ClNO5S. The predicted molar refractivity (Wildman–Crippen MR) is 102 cm³/mol. The Morgan fingerprint density at radius 3 is 2.15 bits per heavy atom. The lowest BCUT2D eigenvalue weighted by Gasteiger charge is -2.27. The predicted octanol–water partition coefficient (Wildman–Crippen LogP) is 2.70. The number of sulfonamides is 1. The molecule has 0 aliphatic heterocycles. The summed E-state index contributed by atoms with van der Waals surface area (Å²) in [4.78, 5) is 24.7. The van der Waals surface area contributed by atoms with Gasteiger partial charge in [0.05, 0.1) is 17.9 Å². The standard InChI is InChI=1S/C19H18ClNO5S/c1-26-19(23)17(14-20)21(27(24,25)16-10-6-3-7-11-16)18(22)13-12-15-8-4-2-5-9-15/h2-13,17H,14H2,1H3/b13-12+. The summed E-state index contributed by atoms with van der Waals surface area (Å²) in [6.45, 7) is 0. The second kappa shape index (κ2) is 9.34. The first-order valence-corrected chi connectivity index (χ1v) is 9.89. The minimum atomic E-state index is -4.32. The van der Waals surface area contributed by atoms with Gasteiger partial charge in [0.2, 0.25) is 0 Å². The van der Waals surface area contributed by atoms with E-state index >= 15 is 0 Å². The summed E-state index contributed by atoms with van der Waals surface area (Å²) in [7, 11) is -3.23. The lowest BCUT2D eigenvalue weighted by molar-refractivity contribution is -0.147. The number of carbonyl (C=O) groups is 2. The summed E-state index contributed by atoms with van der Waals surface area (Å²) < 4.78 is 31.1. The zero-order valence-electron chi connectivity index (χ0n) is 14.5. The lowest BCUT2D eigenvalue weighted by Crippen LogP contribution is -2.49. The molecule has 0 spiro atoms. The number of amides is 1. The highest BCUT2D eigenvalue weighted by Crippen LogP contribution is 2.21. The van der Waals surface area contributed by atoms with E-state index < -0.39 is 33.8 Å². The van der Waals surface area contributed by atoms with E-state index in [4.69, 9.17) is 11.6 Å². The number of hydrogen-bond donors (Lipinski definition) is 0. The minimum Gasteiger partial charge on any atom is -0.467 e. The zero-order valence-corrected chi connectivity index (χ0v) is 16.1. The van der Waals surface area contributed by atoms with Crippen molar-refractivity contribution in [3.63, 3.8) is 0 Å². The number of esters is 1. The third kappa shape index (κ3) is 4.96. The van der Waals surface area contributed by atoms with Gasteiger partial charge in [0.15, 0.2) is 6.04 Å². The van der Waals surface area contributed by atoms with Crippen LogP contribution >= 0.6 is 11.6 Å². The van der Waals surface area contributed by atoms with Crippen LogP contribution in [0.25, 0.3) is 6.08 Å². The Morgan fingerprint density at radius 1 is 1.07 bits per heavy atom. The maximum Gasteiger partial charge on any atom is 0.331 e. The van der Waals surface area contributed by atoms with Crippen molar-refractivity contribution in [2.75, 3.05) is 13.0 Å². The van der Waals surface area contributed by atoms with Gasteiger partial charge < -0.3 is 4.74 Å². The summed E-state index contributed by atoms with van der Waals surface area (Å²) >= 11 is 5.81. The molecule has 1 amide bonds. The van der Waals surface area contributed by atoms with E-state index in [1.54, 1.807) is 30.3 Å². The number of benzene rings is 2. The topological polar surface area (TPSA) is 80.8 Å². The maximum atomic E-state index is 13.0. The number of ether oxygens (including phenoxy) is 1. The molecule has 0 radical (unpaired) electrons. The first kappa shape index (κ1) is 20.7. The number of nitrogens with zero attached hydrogens (tertiary/aromatic N) is 1. The van der Waals surface area contributed by atoms with E-state index in [0.29, 0.717) is 9.87 Å². The molecule has 0 fully saturated rings. The Bertz CT molecular complexity index is 914. The van der Waals surface area contributed by atoms with Crippen LogP contribution in [0.4, 0.5) is 0 Å². The van der Waals surface area contributed by atoms with E-state index in [1.165, 1.54) is 30.3 Å². The van der Waals surface area contributed by atoms with Gasteiger partial charge in [-0.15, -0.1) is 11.6 Å². The second-order valence-corrected chi connectivity index (χ2v) is 7.51. The van der Waals surface area contributed by atoms with Crippen LogP contribution in [-0.4, -0.2) is 43.6 Å². The van der Waals surface area contributed by atoms with Crippen LogP contribution in [0.5, 0.6) is 0 Å². The van der Waals surface area contributed by atoms with Crippen LogP contribution < -0.4 is 0 Å². The molecule has 2 aromatic carbocycles. The molecule has 0 saturated heterocycles. The number of rotatable bonds is 7. The summed E-state index contributed by atoms with van der Waals surface area (Å²) in [6.07, 6.45) is 2.54. The van der Waals surface area contributed by atoms with Gasteiger partial charge in [-0.25, -0.2) is 17.5 Å². The smallest absolute Gasteiger partial charge is 0.331 e. The number of hydrogen-bond acceptors (Lipinski definition) is 5. The third-order valence-electron chi connectivity index (χ3n) is 3.64. The fraction of sp³-hybridized carbons (Fsp3) is 0.158. The lowest BCUT2D eigenvalue weighted by atomic mass is 10.2. The fourth-order valence-electron chi connectivity index (χ4n) is 2.31. The highest BCUT2D eigenvalue weighted by atomic mass is 35.5. The van der Waals surface area contributed by atoms with Crippen LogP contribution in [0.3, 0.4) is 0 Å². The fourth-order valence-corrected chi connectivity index (χ4v) is 4.18. The molecule has 0 aliphatic carbocycles. The molecule has 0 saturated carbocycles. The van der Waals surface area contributed by atoms with E-state index in [9.17, 15) is 18.0 Å². The van der Waals surface area contributed by atoms with Gasteiger partial charge in [0.25, 0.3) is 15.9 Å². The van der Waals surface area contributed by atoms with Crippen LogP contribution in [0.1, 0.15) is 5.56 Å². The first-order chi connectivity index (χ1) is 12.9. The van der Waals surface area contributed by atoms with Crippen molar-refractivity contribution < 1.29 is 22.7 Å². The van der Waals surface area contributed by atoms with Crippen molar-refractivity contribution in [1.29, 1.82) is 0 Å². The Morgan fingerprint density at radius 2 is 1.63 bits per heavy atom. The molecule has 2 aromatic rings. The molecule has 2 rings (SSSR count). The number of carbonyl (C=O) groups excluding carboxylic acids is 2. The molecule has 1 unspecified atom stereocenters. The minimum absolute atomic E-state index is 0.134. The normalized spacial score (nSPS) is 12.5. The second-order valence-electron chi connectivity index (χ2n) is 5.39. The molecule has 27 heavy (non-hydrogen) atoms. The molecule has 0 N–H and O–H groups in total. The summed E-state index contributed by atoms with van der Waals surface area (Å²) in [5, 5.41) is 0. The molecular weight excluding hydrogens is 390 g/mol. The van der Waals surface area contributed by atoms with Crippen LogP contribution in [0.15, 0.2) is 71.6 Å². The van der Waals surface area contributed by atoms with Gasteiger partial charge in [0, 0.05) is 6.08 Å². The molecule has 0 aliphatic rings. The van der Waals surface area contributed by atoms with E-state index in [1.807, 2.05) is 6.07 Å². The first-order valence-electron chi connectivity index (χ1n) is 7.92. The molecule has 8 heteroatoms. The Hall–Kier alpha value is -2.64. The van der Waals surface area contributed by atoms with Gasteiger partial charge >= 0.3 is 5.97 Å². The summed E-state index contributed by atoms with van der Waals surface area (Å²) in [5.74, 6) is -2.27. The largest absolute Gasteiger partial charge is 0.467 e. The quantitative estimate of drug-likeness (QED) is 0.400. The van der Waals surface area contributed by atoms with E-state index in [2.05, 4.69) is 4.74 Å². The summed E-state index contributed by atoms with van der Waals surface area (Å²) in [5.41, 5.74) is 0.698. The van der Waals surface area contributed by atoms with Gasteiger partial charge in [-0.3, -0.25) is 4.79 Å². The third-order valence-corrected chi connectivity index (χ3v) is 5.75. The molecule has 0 bridgehead atoms. The van der Waals surface area contributed by atoms with Gasteiger partial charge in [-0.05, 0) is 23.8 Å². The molecule has 0 heterocycles. The average molecular weight is 408 g/mol. The van der Waals surface area contributed by atoms with Crippen LogP contribution in [0, 0.1) is 0 Å². The van der Waals surface area contributed by atoms with Crippen molar-refractivity contribution in [1.82, 2.24) is 4.31 Å². The molecule has 6 nitrogen and oxygen atoms in total.